The summed E-state index contributed by atoms with van der Waals surface area (Å²) >= 11 is 0. The molecule has 2 N–H and O–H groups in total. The Morgan fingerprint density at radius 3 is 2.72 bits per heavy atom. The van der Waals surface area contributed by atoms with Gasteiger partial charge in [0.05, 0.1) is 11.9 Å². The minimum Gasteiger partial charge on any atom is -0.356 e. The fourth-order valence-corrected chi connectivity index (χ4v) is 3.08. The van der Waals surface area contributed by atoms with Gasteiger partial charge in [0, 0.05) is 19.2 Å². The highest BCUT2D eigenvalue weighted by molar-refractivity contribution is 5.85. The standard InChI is InChI=1S/C19H26N4O.ClH/c1-19(9-11-20-12-10-19)15-21-18(24)8-7-16-13-22-23(14-16)17-5-3-2-4-6-17;/h2-6,13-14,20H,7-12,15H2,1H3,(H,21,24);1H. The van der Waals surface area contributed by atoms with Crippen molar-refractivity contribution in [3.63, 3.8) is 0 Å². The molecular formula is C19H27ClN4O. The van der Waals surface area contributed by atoms with E-state index in [-0.39, 0.29) is 23.7 Å². The van der Waals surface area contributed by atoms with Crippen molar-refractivity contribution in [1.82, 2.24) is 20.4 Å². The zero-order valence-electron chi connectivity index (χ0n) is 14.7. The fraction of sp³-hybridized carbons (Fsp3) is 0.474. The number of rotatable bonds is 6. The van der Waals surface area contributed by atoms with Gasteiger partial charge in [0.25, 0.3) is 0 Å². The molecule has 0 radical (unpaired) electrons. The van der Waals surface area contributed by atoms with Gasteiger partial charge in [-0.05, 0) is 55.5 Å². The highest BCUT2D eigenvalue weighted by Gasteiger charge is 2.26. The molecule has 6 heteroatoms. The number of halogens is 1. The van der Waals surface area contributed by atoms with Gasteiger partial charge in [-0.15, -0.1) is 12.4 Å². The van der Waals surface area contributed by atoms with E-state index in [1.807, 2.05) is 47.4 Å². The molecule has 136 valence electrons. The summed E-state index contributed by atoms with van der Waals surface area (Å²) in [5, 5.41) is 10.8. The number of carbonyl (C=O) groups is 1. The highest BCUT2D eigenvalue weighted by atomic mass is 35.5. The van der Waals surface area contributed by atoms with E-state index in [4.69, 9.17) is 0 Å². The Balaban J connectivity index is 0.00000225. The molecule has 1 aliphatic rings. The normalized spacial score (nSPS) is 16.0. The molecule has 2 aromatic rings. The van der Waals surface area contributed by atoms with Crippen molar-refractivity contribution in [2.45, 2.75) is 32.6 Å². The minimum atomic E-state index is 0. The van der Waals surface area contributed by atoms with E-state index in [1.165, 1.54) is 0 Å². The van der Waals surface area contributed by atoms with Crippen LogP contribution in [0.4, 0.5) is 0 Å². The molecule has 0 saturated carbocycles. The van der Waals surface area contributed by atoms with Crippen LogP contribution in [0.25, 0.3) is 5.69 Å². The molecule has 0 atom stereocenters. The molecule has 25 heavy (non-hydrogen) atoms. The molecule has 0 aliphatic carbocycles. The van der Waals surface area contributed by atoms with Crippen molar-refractivity contribution in [2.75, 3.05) is 19.6 Å². The number of benzene rings is 1. The Morgan fingerprint density at radius 2 is 2.00 bits per heavy atom. The van der Waals surface area contributed by atoms with Gasteiger partial charge < -0.3 is 10.6 Å². The van der Waals surface area contributed by atoms with E-state index in [0.717, 1.165) is 50.1 Å². The molecule has 1 amide bonds. The monoisotopic (exact) mass is 362 g/mol. The van der Waals surface area contributed by atoms with E-state index in [2.05, 4.69) is 22.7 Å². The largest absolute Gasteiger partial charge is 0.356 e. The second kappa shape index (κ2) is 9.02. The summed E-state index contributed by atoms with van der Waals surface area (Å²) < 4.78 is 1.85. The lowest BCUT2D eigenvalue weighted by Gasteiger charge is -2.34. The average Bonchev–Trinajstić information content (AvgIpc) is 3.09. The van der Waals surface area contributed by atoms with Gasteiger partial charge in [-0.2, -0.15) is 5.10 Å². The number of aromatic nitrogens is 2. The first-order chi connectivity index (χ1) is 11.6. The first-order valence-electron chi connectivity index (χ1n) is 8.71. The SMILES string of the molecule is CC1(CNC(=O)CCc2cnn(-c3ccccc3)c2)CCNCC1.Cl. The van der Waals surface area contributed by atoms with Crippen LogP contribution in [-0.2, 0) is 11.2 Å². The van der Waals surface area contributed by atoms with E-state index in [9.17, 15) is 4.79 Å². The number of aryl methyl sites for hydroxylation is 1. The summed E-state index contributed by atoms with van der Waals surface area (Å²) in [6.45, 7) is 5.13. The van der Waals surface area contributed by atoms with E-state index in [0.29, 0.717) is 6.42 Å². The topological polar surface area (TPSA) is 59.0 Å². The molecule has 1 aliphatic heterocycles. The summed E-state index contributed by atoms with van der Waals surface area (Å²) in [4.78, 5) is 12.1. The molecule has 3 rings (SSSR count). The Morgan fingerprint density at radius 1 is 1.28 bits per heavy atom. The molecule has 2 heterocycles. The Labute approximate surface area is 155 Å². The number of carbonyl (C=O) groups excluding carboxylic acids is 1. The summed E-state index contributed by atoms with van der Waals surface area (Å²) in [6, 6.07) is 10.0. The molecule has 5 nitrogen and oxygen atoms in total. The van der Waals surface area contributed by atoms with E-state index in [1.54, 1.807) is 0 Å². The van der Waals surface area contributed by atoms with Crippen LogP contribution in [0.15, 0.2) is 42.7 Å². The summed E-state index contributed by atoms with van der Waals surface area (Å²) in [5.74, 6) is 0.127. The van der Waals surface area contributed by atoms with Gasteiger partial charge in [0.1, 0.15) is 0 Å². The maximum absolute atomic E-state index is 12.1. The number of piperidine rings is 1. The van der Waals surface area contributed by atoms with E-state index < -0.39 is 0 Å². The van der Waals surface area contributed by atoms with Crippen LogP contribution in [0.2, 0.25) is 0 Å². The van der Waals surface area contributed by atoms with Gasteiger partial charge >= 0.3 is 0 Å². The molecule has 0 spiro atoms. The van der Waals surface area contributed by atoms with Gasteiger partial charge in [-0.3, -0.25) is 4.79 Å². The number of amides is 1. The third-order valence-electron chi connectivity index (χ3n) is 4.82. The Hall–Kier alpha value is -1.85. The Bertz CT molecular complexity index is 665. The maximum Gasteiger partial charge on any atom is 0.220 e. The molecule has 0 bridgehead atoms. The van der Waals surface area contributed by atoms with Crippen LogP contribution in [0.1, 0.15) is 31.7 Å². The quantitative estimate of drug-likeness (QED) is 0.830. The van der Waals surface area contributed by atoms with Gasteiger partial charge in [0.2, 0.25) is 5.91 Å². The van der Waals surface area contributed by atoms with Crippen LogP contribution in [0.3, 0.4) is 0 Å². The molecular weight excluding hydrogens is 336 g/mol. The lowest BCUT2D eigenvalue weighted by atomic mass is 9.81. The molecule has 1 aromatic carbocycles. The maximum atomic E-state index is 12.1. The van der Waals surface area contributed by atoms with Gasteiger partial charge in [-0.1, -0.05) is 25.1 Å². The van der Waals surface area contributed by atoms with Crippen LogP contribution >= 0.6 is 12.4 Å². The first kappa shape index (κ1) is 19.5. The highest BCUT2D eigenvalue weighted by Crippen LogP contribution is 2.26. The summed E-state index contributed by atoms with van der Waals surface area (Å²) in [7, 11) is 0. The smallest absolute Gasteiger partial charge is 0.220 e. The minimum absolute atomic E-state index is 0. The van der Waals surface area contributed by atoms with Crippen molar-refractivity contribution in [1.29, 1.82) is 0 Å². The number of hydrogen-bond donors (Lipinski definition) is 2. The zero-order valence-corrected chi connectivity index (χ0v) is 15.5. The third kappa shape index (κ3) is 5.58. The lowest BCUT2D eigenvalue weighted by molar-refractivity contribution is -0.121. The average molecular weight is 363 g/mol. The molecule has 0 unspecified atom stereocenters. The van der Waals surface area contributed by atoms with Crippen LogP contribution in [0.5, 0.6) is 0 Å². The van der Waals surface area contributed by atoms with Crippen molar-refractivity contribution >= 4 is 18.3 Å². The van der Waals surface area contributed by atoms with Crippen molar-refractivity contribution < 1.29 is 4.79 Å². The number of para-hydroxylation sites is 1. The fourth-order valence-electron chi connectivity index (χ4n) is 3.08. The van der Waals surface area contributed by atoms with Gasteiger partial charge in [-0.25, -0.2) is 4.68 Å². The van der Waals surface area contributed by atoms with E-state index >= 15 is 0 Å². The number of hydrogen-bond acceptors (Lipinski definition) is 3. The second-order valence-corrected chi connectivity index (χ2v) is 6.97. The summed E-state index contributed by atoms with van der Waals surface area (Å²) in [5.41, 5.74) is 2.35. The third-order valence-corrected chi connectivity index (χ3v) is 4.82. The second-order valence-electron chi connectivity index (χ2n) is 6.97. The van der Waals surface area contributed by atoms with Crippen LogP contribution in [0, 0.1) is 5.41 Å². The number of nitrogens with zero attached hydrogens (tertiary/aromatic N) is 2. The van der Waals surface area contributed by atoms with Crippen molar-refractivity contribution in [3.8, 4) is 5.69 Å². The van der Waals surface area contributed by atoms with Crippen molar-refractivity contribution in [2.24, 2.45) is 5.41 Å². The lowest BCUT2D eigenvalue weighted by Crippen LogP contribution is -2.42. The molecule has 1 aromatic heterocycles. The van der Waals surface area contributed by atoms with Gasteiger partial charge in [0.15, 0.2) is 0 Å². The Kier molecular flexibility index (Phi) is 7.02. The zero-order chi connectivity index (χ0) is 16.8. The first-order valence-corrected chi connectivity index (χ1v) is 8.71. The molecule has 1 fully saturated rings. The van der Waals surface area contributed by atoms with Crippen LogP contribution < -0.4 is 10.6 Å². The molecule has 1 saturated heterocycles. The summed E-state index contributed by atoms with van der Waals surface area (Å²) in [6.07, 6.45) is 7.31. The predicted octanol–water partition coefficient (Wildman–Crippen LogP) is 2.73. The van der Waals surface area contributed by atoms with Crippen LogP contribution in [-0.4, -0.2) is 35.3 Å². The number of nitrogens with one attached hydrogen (secondary N) is 2. The van der Waals surface area contributed by atoms with Crippen molar-refractivity contribution in [3.05, 3.63) is 48.3 Å². The predicted molar refractivity (Wildman–Crippen MR) is 102 cm³/mol.